The van der Waals surface area contributed by atoms with Gasteiger partial charge in [0.15, 0.2) is 5.41 Å². The maximum atomic E-state index is 11.4. The van der Waals surface area contributed by atoms with Crippen molar-refractivity contribution in [2.45, 2.75) is 19.8 Å². The Morgan fingerprint density at radius 3 is 2.29 bits per heavy atom. The average Bonchev–Trinajstić information content (AvgIpc) is 2.95. The molecule has 0 spiro atoms. The number of hydrogen-bond acceptors (Lipinski definition) is 5. The van der Waals surface area contributed by atoms with Gasteiger partial charge in [-0.1, -0.05) is 0 Å². The summed E-state index contributed by atoms with van der Waals surface area (Å²) in [6.07, 6.45) is 1.05. The van der Waals surface area contributed by atoms with Crippen LogP contribution in [0.15, 0.2) is 0 Å². The zero-order chi connectivity index (χ0) is 10.6. The van der Waals surface area contributed by atoms with Gasteiger partial charge in [0.05, 0.1) is 6.61 Å². The second-order valence-corrected chi connectivity index (χ2v) is 3.23. The molecule has 0 aromatic heterocycles. The fraction of sp³-hybridized carbons (Fsp3) is 0.778. The summed E-state index contributed by atoms with van der Waals surface area (Å²) in [7, 11) is 0. The standard InChI is InChI=1S/C9H15NO4/c1-2-13-7(11)9(3-4-9)8(12)14-6-5-10/h2-6,10H2,1H3. The number of ether oxygens (including phenoxy) is 2. The Kier molecular flexibility index (Phi) is 3.46. The predicted octanol–water partition coefficient (Wildman–Crippen LogP) is -0.168. The van der Waals surface area contributed by atoms with Crippen molar-refractivity contribution in [3.8, 4) is 0 Å². The van der Waals surface area contributed by atoms with Crippen molar-refractivity contribution in [2.75, 3.05) is 19.8 Å². The van der Waals surface area contributed by atoms with Gasteiger partial charge < -0.3 is 15.2 Å². The quantitative estimate of drug-likeness (QED) is 0.493. The molecule has 0 amide bonds. The summed E-state index contributed by atoms with van der Waals surface area (Å²) in [6.45, 7) is 2.41. The minimum Gasteiger partial charge on any atom is -0.465 e. The maximum Gasteiger partial charge on any atom is 0.323 e. The molecule has 0 aromatic rings. The van der Waals surface area contributed by atoms with Gasteiger partial charge in [-0.25, -0.2) is 0 Å². The predicted molar refractivity (Wildman–Crippen MR) is 48.3 cm³/mol. The van der Waals surface area contributed by atoms with Gasteiger partial charge in [0, 0.05) is 6.54 Å². The molecule has 0 aromatic carbocycles. The van der Waals surface area contributed by atoms with E-state index >= 15 is 0 Å². The lowest BCUT2D eigenvalue weighted by molar-refractivity contribution is -0.164. The molecule has 1 aliphatic rings. The molecule has 14 heavy (non-hydrogen) atoms. The highest BCUT2D eigenvalue weighted by molar-refractivity contribution is 6.03. The van der Waals surface area contributed by atoms with Crippen LogP contribution in [0, 0.1) is 5.41 Å². The first-order chi connectivity index (χ1) is 6.67. The van der Waals surface area contributed by atoms with Crippen molar-refractivity contribution in [2.24, 2.45) is 11.1 Å². The molecule has 0 bridgehead atoms. The first kappa shape index (κ1) is 11.0. The molecule has 80 valence electrons. The lowest BCUT2D eigenvalue weighted by Crippen LogP contribution is -2.31. The van der Waals surface area contributed by atoms with E-state index in [0.717, 1.165) is 0 Å². The van der Waals surface area contributed by atoms with Gasteiger partial charge in [-0.15, -0.1) is 0 Å². The monoisotopic (exact) mass is 201 g/mol. The van der Waals surface area contributed by atoms with Gasteiger partial charge in [-0.05, 0) is 19.8 Å². The Bertz CT molecular complexity index is 235. The molecule has 5 heteroatoms. The average molecular weight is 201 g/mol. The third kappa shape index (κ3) is 2.04. The second-order valence-electron chi connectivity index (χ2n) is 3.23. The highest BCUT2D eigenvalue weighted by Crippen LogP contribution is 2.47. The lowest BCUT2D eigenvalue weighted by atomic mass is 10.1. The number of hydrogen-bond donors (Lipinski definition) is 1. The van der Waals surface area contributed by atoms with Crippen LogP contribution in [0.2, 0.25) is 0 Å². The molecular weight excluding hydrogens is 186 g/mol. The first-order valence-electron chi connectivity index (χ1n) is 4.72. The molecule has 5 nitrogen and oxygen atoms in total. The molecule has 1 fully saturated rings. The summed E-state index contributed by atoms with van der Waals surface area (Å²) in [5, 5.41) is 0. The highest BCUT2D eigenvalue weighted by atomic mass is 16.6. The molecule has 1 rings (SSSR count). The van der Waals surface area contributed by atoms with Gasteiger partial charge >= 0.3 is 11.9 Å². The molecular formula is C9H15NO4. The Morgan fingerprint density at radius 2 is 1.86 bits per heavy atom. The fourth-order valence-electron chi connectivity index (χ4n) is 1.18. The molecule has 2 N–H and O–H groups in total. The van der Waals surface area contributed by atoms with Crippen LogP contribution in [0.3, 0.4) is 0 Å². The molecule has 0 radical (unpaired) electrons. The number of nitrogens with two attached hydrogens (primary N) is 1. The van der Waals surface area contributed by atoms with Gasteiger partial charge in [-0.2, -0.15) is 0 Å². The largest absolute Gasteiger partial charge is 0.465 e. The molecule has 0 saturated heterocycles. The zero-order valence-electron chi connectivity index (χ0n) is 8.25. The van der Waals surface area contributed by atoms with Crippen molar-refractivity contribution >= 4 is 11.9 Å². The highest BCUT2D eigenvalue weighted by Gasteiger charge is 2.59. The third-order valence-electron chi connectivity index (χ3n) is 2.16. The van der Waals surface area contributed by atoms with E-state index in [1.54, 1.807) is 6.92 Å². The normalized spacial score (nSPS) is 17.3. The molecule has 1 aliphatic carbocycles. The number of esters is 2. The molecule has 1 saturated carbocycles. The SMILES string of the molecule is CCOC(=O)C1(C(=O)OCCN)CC1. The van der Waals surface area contributed by atoms with E-state index in [0.29, 0.717) is 12.8 Å². The summed E-state index contributed by atoms with van der Waals surface area (Å²) >= 11 is 0. The Morgan fingerprint density at radius 1 is 1.29 bits per heavy atom. The van der Waals surface area contributed by atoms with Gasteiger partial charge in [0.2, 0.25) is 0 Å². The summed E-state index contributed by atoms with van der Waals surface area (Å²) in [5.74, 6) is -0.969. The number of carbonyl (C=O) groups is 2. The van der Waals surface area contributed by atoms with E-state index in [-0.39, 0.29) is 19.8 Å². The van der Waals surface area contributed by atoms with Crippen LogP contribution >= 0.6 is 0 Å². The van der Waals surface area contributed by atoms with E-state index in [1.807, 2.05) is 0 Å². The van der Waals surface area contributed by atoms with E-state index in [9.17, 15) is 9.59 Å². The topological polar surface area (TPSA) is 78.6 Å². The zero-order valence-corrected chi connectivity index (χ0v) is 8.25. The van der Waals surface area contributed by atoms with Gasteiger partial charge in [-0.3, -0.25) is 9.59 Å². The Labute approximate surface area is 82.5 Å². The maximum absolute atomic E-state index is 11.4. The lowest BCUT2D eigenvalue weighted by Gasteiger charge is -2.12. The van der Waals surface area contributed by atoms with Crippen LogP contribution in [0.1, 0.15) is 19.8 Å². The van der Waals surface area contributed by atoms with E-state index in [4.69, 9.17) is 15.2 Å². The molecule has 0 aliphatic heterocycles. The van der Waals surface area contributed by atoms with Crippen LogP contribution in [-0.2, 0) is 19.1 Å². The Hall–Kier alpha value is -1.10. The van der Waals surface area contributed by atoms with Gasteiger partial charge in [0.25, 0.3) is 0 Å². The van der Waals surface area contributed by atoms with Crippen molar-refractivity contribution in [1.29, 1.82) is 0 Å². The van der Waals surface area contributed by atoms with E-state index in [2.05, 4.69) is 0 Å². The third-order valence-corrected chi connectivity index (χ3v) is 2.16. The van der Waals surface area contributed by atoms with Crippen LogP contribution in [0.5, 0.6) is 0 Å². The smallest absolute Gasteiger partial charge is 0.323 e. The van der Waals surface area contributed by atoms with E-state index in [1.165, 1.54) is 0 Å². The minimum atomic E-state index is -1.01. The van der Waals surface area contributed by atoms with Crippen molar-refractivity contribution in [3.63, 3.8) is 0 Å². The number of carbonyl (C=O) groups excluding carboxylic acids is 2. The van der Waals surface area contributed by atoms with Gasteiger partial charge in [0.1, 0.15) is 6.61 Å². The summed E-state index contributed by atoms with van der Waals surface area (Å²) in [6, 6.07) is 0. The van der Waals surface area contributed by atoms with Crippen molar-refractivity contribution in [1.82, 2.24) is 0 Å². The number of rotatable bonds is 5. The van der Waals surface area contributed by atoms with E-state index < -0.39 is 17.4 Å². The minimum absolute atomic E-state index is 0.153. The van der Waals surface area contributed by atoms with Crippen molar-refractivity contribution < 1.29 is 19.1 Å². The van der Waals surface area contributed by atoms with Crippen molar-refractivity contribution in [3.05, 3.63) is 0 Å². The summed E-state index contributed by atoms with van der Waals surface area (Å²) in [5.41, 5.74) is 4.17. The van der Waals surface area contributed by atoms with Crippen LogP contribution in [0.25, 0.3) is 0 Å². The summed E-state index contributed by atoms with van der Waals surface area (Å²) < 4.78 is 9.62. The van der Waals surface area contributed by atoms with Crippen LogP contribution < -0.4 is 5.73 Å². The first-order valence-corrected chi connectivity index (χ1v) is 4.72. The summed E-state index contributed by atoms with van der Waals surface area (Å²) in [4.78, 5) is 22.8. The molecule has 0 heterocycles. The Balaban J connectivity index is 2.48. The van der Waals surface area contributed by atoms with Crippen LogP contribution in [0.4, 0.5) is 0 Å². The second kappa shape index (κ2) is 4.41. The molecule has 0 atom stereocenters. The molecule has 0 unspecified atom stereocenters. The van der Waals surface area contributed by atoms with Crippen LogP contribution in [-0.4, -0.2) is 31.7 Å². The fourth-order valence-corrected chi connectivity index (χ4v) is 1.18.